The molecule has 0 atom stereocenters. The maximum atomic E-state index is 12.6. The van der Waals surface area contributed by atoms with Gasteiger partial charge in [0.2, 0.25) is 5.91 Å². The fraction of sp³-hybridized carbons (Fsp3) is 0.417. The van der Waals surface area contributed by atoms with Crippen molar-refractivity contribution in [3.8, 4) is 11.5 Å². The normalized spacial score (nSPS) is 14.0. The number of nitrogens with zero attached hydrogens (tertiary/aromatic N) is 1. The molecule has 1 aliphatic heterocycles. The molecule has 2 aromatic carbocycles. The van der Waals surface area contributed by atoms with Crippen LogP contribution in [0.1, 0.15) is 19.8 Å². The molecule has 1 heterocycles. The van der Waals surface area contributed by atoms with Crippen LogP contribution in [0.15, 0.2) is 54.6 Å². The van der Waals surface area contributed by atoms with Crippen LogP contribution in [-0.4, -0.2) is 56.2 Å². The average molecular weight is 427 g/mol. The minimum absolute atomic E-state index is 0.00419. The van der Waals surface area contributed by atoms with Crippen LogP contribution >= 0.6 is 0 Å². The van der Waals surface area contributed by atoms with Gasteiger partial charge in [-0.2, -0.15) is 0 Å². The number of hydrogen-bond acceptors (Lipinski definition) is 6. The van der Waals surface area contributed by atoms with Gasteiger partial charge in [0.1, 0.15) is 24.7 Å². The SMILES string of the molecule is CCOC(=O)C1CCN(C(=O)CNc2ccccc2OCCOc2ccccc2)CC1. The molecule has 0 aromatic heterocycles. The van der Waals surface area contributed by atoms with E-state index >= 15 is 0 Å². The summed E-state index contributed by atoms with van der Waals surface area (Å²) >= 11 is 0. The van der Waals surface area contributed by atoms with Crippen molar-refractivity contribution in [1.29, 1.82) is 0 Å². The molecular formula is C24H30N2O5. The zero-order valence-corrected chi connectivity index (χ0v) is 17.9. The lowest BCUT2D eigenvalue weighted by molar-refractivity contribution is -0.151. The number of likely N-dealkylation sites (tertiary alicyclic amines) is 1. The zero-order valence-electron chi connectivity index (χ0n) is 17.9. The van der Waals surface area contributed by atoms with Gasteiger partial charge in [-0.1, -0.05) is 30.3 Å². The van der Waals surface area contributed by atoms with Crippen molar-refractivity contribution in [3.05, 3.63) is 54.6 Å². The second-order valence-electron chi connectivity index (χ2n) is 7.27. The van der Waals surface area contributed by atoms with E-state index < -0.39 is 0 Å². The number of carbonyl (C=O) groups excluding carboxylic acids is 2. The van der Waals surface area contributed by atoms with Gasteiger partial charge in [-0.05, 0) is 44.0 Å². The summed E-state index contributed by atoms with van der Waals surface area (Å²) in [6, 6.07) is 17.1. The van der Waals surface area contributed by atoms with Crippen LogP contribution in [0.5, 0.6) is 11.5 Å². The summed E-state index contributed by atoms with van der Waals surface area (Å²) < 4.78 is 16.6. The maximum absolute atomic E-state index is 12.6. The molecule has 0 spiro atoms. The minimum Gasteiger partial charge on any atom is -0.490 e. The second-order valence-corrected chi connectivity index (χ2v) is 7.27. The minimum atomic E-state index is -0.157. The molecule has 3 rings (SSSR count). The number of esters is 1. The molecule has 0 aliphatic carbocycles. The van der Waals surface area contributed by atoms with Crippen molar-refractivity contribution in [2.24, 2.45) is 5.92 Å². The third kappa shape index (κ3) is 6.91. The smallest absolute Gasteiger partial charge is 0.309 e. The Morgan fingerprint density at radius 1 is 0.968 bits per heavy atom. The Bertz CT molecular complexity index is 835. The number of benzene rings is 2. The third-order valence-electron chi connectivity index (χ3n) is 5.14. The highest BCUT2D eigenvalue weighted by Crippen LogP contribution is 2.24. The van der Waals surface area contributed by atoms with E-state index in [9.17, 15) is 9.59 Å². The van der Waals surface area contributed by atoms with E-state index in [1.165, 1.54) is 0 Å². The van der Waals surface area contributed by atoms with E-state index in [-0.39, 0.29) is 24.3 Å². The number of carbonyl (C=O) groups is 2. The molecule has 0 bridgehead atoms. The third-order valence-corrected chi connectivity index (χ3v) is 5.14. The average Bonchev–Trinajstić information content (AvgIpc) is 2.82. The van der Waals surface area contributed by atoms with Crippen LogP contribution in [0.2, 0.25) is 0 Å². The van der Waals surface area contributed by atoms with Crippen molar-refractivity contribution in [2.75, 3.05) is 44.8 Å². The Kier molecular flexibility index (Phi) is 8.58. The molecule has 1 saturated heterocycles. The summed E-state index contributed by atoms with van der Waals surface area (Å²) in [6.07, 6.45) is 1.29. The van der Waals surface area contributed by atoms with E-state index in [2.05, 4.69) is 5.32 Å². The Hall–Kier alpha value is -3.22. The van der Waals surface area contributed by atoms with E-state index in [0.717, 1.165) is 11.4 Å². The first-order valence-corrected chi connectivity index (χ1v) is 10.8. The van der Waals surface area contributed by atoms with Gasteiger partial charge in [0.25, 0.3) is 0 Å². The molecule has 1 fully saturated rings. The number of ether oxygens (including phenoxy) is 3. The highest BCUT2D eigenvalue weighted by atomic mass is 16.5. The largest absolute Gasteiger partial charge is 0.490 e. The topological polar surface area (TPSA) is 77.1 Å². The van der Waals surface area contributed by atoms with E-state index in [1.807, 2.05) is 54.6 Å². The van der Waals surface area contributed by atoms with Gasteiger partial charge < -0.3 is 24.4 Å². The molecule has 7 heteroatoms. The second kappa shape index (κ2) is 11.8. The fourth-order valence-corrected chi connectivity index (χ4v) is 3.47. The van der Waals surface area contributed by atoms with Gasteiger partial charge in [0.05, 0.1) is 24.8 Å². The number of piperidine rings is 1. The standard InChI is InChI=1S/C24H30N2O5/c1-2-29-24(28)19-12-14-26(15-13-19)23(27)18-25-21-10-6-7-11-22(21)31-17-16-30-20-8-4-3-5-9-20/h3-11,19,25H,2,12-18H2,1H3. The number of hydrogen-bond donors (Lipinski definition) is 1. The van der Waals surface area contributed by atoms with Gasteiger partial charge in [-0.25, -0.2) is 0 Å². The fourth-order valence-electron chi connectivity index (χ4n) is 3.47. The molecule has 0 unspecified atom stereocenters. The highest BCUT2D eigenvalue weighted by Gasteiger charge is 2.28. The van der Waals surface area contributed by atoms with E-state index in [0.29, 0.717) is 51.5 Å². The summed E-state index contributed by atoms with van der Waals surface area (Å²) in [5, 5.41) is 3.17. The molecule has 1 N–H and O–H groups in total. The highest BCUT2D eigenvalue weighted by molar-refractivity contribution is 5.82. The molecule has 31 heavy (non-hydrogen) atoms. The number of anilines is 1. The predicted octanol–water partition coefficient (Wildman–Crippen LogP) is 3.36. The lowest BCUT2D eigenvalue weighted by atomic mass is 9.97. The lowest BCUT2D eigenvalue weighted by Gasteiger charge is -2.31. The number of amides is 1. The lowest BCUT2D eigenvalue weighted by Crippen LogP contribution is -2.43. The van der Waals surface area contributed by atoms with Crippen LogP contribution < -0.4 is 14.8 Å². The van der Waals surface area contributed by atoms with Crippen LogP contribution in [0.3, 0.4) is 0 Å². The first-order chi connectivity index (χ1) is 15.2. The monoisotopic (exact) mass is 426 g/mol. The zero-order chi connectivity index (χ0) is 21.9. The van der Waals surface area contributed by atoms with Crippen LogP contribution in [-0.2, 0) is 14.3 Å². The van der Waals surface area contributed by atoms with Gasteiger partial charge >= 0.3 is 5.97 Å². The van der Waals surface area contributed by atoms with Crippen molar-refractivity contribution in [3.63, 3.8) is 0 Å². The summed E-state index contributed by atoms with van der Waals surface area (Å²) in [4.78, 5) is 26.2. The van der Waals surface area contributed by atoms with Crippen LogP contribution in [0.4, 0.5) is 5.69 Å². The molecule has 7 nitrogen and oxygen atoms in total. The van der Waals surface area contributed by atoms with E-state index in [1.54, 1.807) is 11.8 Å². The van der Waals surface area contributed by atoms with Gasteiger partial charge in [-0.15, -0.1) is 0 Å². The van der Waals surface area contributed by atoms with Crippen LogP contribution in [0, 0.1) is 5.92 Å². The quantitative estimate of drug-likeness (QED) is 0.464. The van der Waals surface area contributed by atoms with Gasteiger partial charge in [-0.3, -0.25) is 9.59 Å². The summed E-state index contributed by atoms with van der Waals surface area (Å²) in [7, 11) is 0. The molecule has 1 amide bonds. The van der Waals surface area contributed by atoms with Crippen LogP contribution in [0.25, 0.3) is 0 Å². The summed E-state index contributed by atoms with van der Waals surface area (Å²) in [5.74, 6) is 1.21. The first kappa shape index (κ1) is 22.5. The van der Waals surface area contributed by atoms with Gasteiger partial charge in [0, 0.05) is 13.1 Å². The molecule has 0 radical (unpaired) electrons. The van der Waals surface area contributed by atoms with E-state index in [4.69, 9.17) is 14.2 Å². The molecule has 166 valence electrons. The molecule has 1 aliphatic rings. The predicted molar refractivity (Wildman–Crippen MR) is 118 cm³/mol. The van der Waals surface area contributed by atoms with Crippen molar-refractivity contribution < 1.29 is 23.8 Å². The number of para-hydroxylation sites is 3. The number of nitrogens with one attached hydrogen (secondary N) is 1. The summed E-state index contributed by atoms with van der Waals surface area (Å²) in [6.45, 7) is 4.32. The van der Waals surface area contributed by atoms with Crippen molar-refractivity contribution in [1.82, 2.24) is 4.90 Å². The number of rotatable bonds is 10. The molecule has 2 aromatic rings. The summed E-state index contributed by atoms with van der Waals surface area (Å²) in [5.41, 5.74) is 0.761. The Morgan fingerprint density at radius 2 is 1.65 bits per heavy atom. The first-order valence-electron chi connectivity index (χ1n) is 10.8. The Balaban J connectivity index is 1.42. The van der Waals surface area contributed by atoms with Crippen molar-refractivity contribution >= 4 is 17.6 Å². The van der Waals surface area contributed by atoms with Gasteiger partial charge in [0.15, 0.2) is 0 Å². The molecule has 0 saturated carbocycles. The Morgan fingerprint density at radius 3 is 2.39 bits per heavy atom. The van der Waals surface area contributed by atoms with Crippen molar-refractivity contribution in [2.45, 2.75) is 19.8 Å². The maximum Gasteiger partial charge on any atom is 0.309 e. The Labute approximate surface area is 183 Å². The molecular weight excluding hydrogens is 396 g/mol.